The molecule has 0 atom stereocenters. The van der Waals surface area contributed by atoms with Gasteiger partial charge in [-0.15, -0.1) is 0 Å². The second kappa shape index (κ2) is 5.09. The van der Waals surface area contributed by atoms with Crippen molar-refractivity contribution < 1.29 is 14.7 Å². The van der Waals surface area contributed by atoms with Gasteiger partial charge in [0.1, 0.15) is 0 Å². The van der Waals surface area contributed by atoms with Gasteiger partial charge < -0.3 is 10.4 Å². The molecule has 1 heterocycles. The maximum absolute atomic E-state index is 11.7. The summed E-state index contributed by atoms with van der Waals surface area (Å²) in [6.45, 7) is 0. The van der Waals surface area contributed by atoms with E-state index >= 15 is 0 Å². The Labute approximate surface area is 118 Å². The van der Waals surface area contributed by atoms with E-state index in [4.69, 9.17) is 5.11 Å². The van der Waals surface area contributed by atoms with Crippen LogP contribution >= 0.6 is 11.3 Å². The second-order valence-corrected chi connectivity index (χ2v) is 5.76. The molecule has 1 aliphatic carbocycles. The van der Waals surface area contributed by atoms with Crippen molar-refractivity contribution in [1.29, 1.82) is 0 Å². The molecule has 6 nitrogen and oxygen atoms in total. The summed E-state index contributed by atoms with van der Waals surface area (Å²) < 4.78 is 0.740. The van der Waals surface area contributed by atoms with Gasteiger partial charge in [-0.2, -0.15) is 0 Å². The van der Waals surface area contributed by atoms with Gasteiger partial charge in [0, 0.05) is 6.04 Å². The predicted octanol–water partition coefficient (Wildman–Crippen LogP) is 2.67. The fourth-order valence-corrected chi connectivity index (χ4v) is 2.88. The van der Waals surface area contributed by atoms with Gasteiger partial charge in [-0.3, -0.25) is 5.32 Å². The highest BCUT2D eigenvalue weighted by Crippen LogP contribution is 2.27. The van der Waals surface area contributed by atoms with Crippen molar-refractivity contribution in [3.63, 3.8) is 0 Å². The van der Waals surface area contributed by atoms with Gasteiger partial charge in [0.15, 0.2) is 5.13 Å². The Hall–Kier alpha value is -2.15. The summed E-state index contributed by atoms with van der Waals surface area (Å²) in [5.74, 6) is -0.975. The number of amides is 2. The largest absolute Gasteiger partial charge is 0.478 e. The smallest absolute Gasteiger partial charge is 0.335 e. The molecule has 2 amide bonds. The molecule has 1 aromatic heterocycles. The number of carboxylic acids is 1. The van der Waals surface area contributed by atoms with Crippen LogP contribution in [-0.2, 0) is 0 Å². The minimum absolute atomic E-state index is 0.214. The van der Waals surface area contributed by atoms with E-state index in [1.54, 1.807) is 12.1 Å². The molecule has 1 fully saturated rings. The number of urea groups is 1. The summed E-state index contributed by atoms with van der Waals surface area (Å²) in [4.78, 5) is 26.9. The van der Waals surface area contributed by atoms with Crippen LogP contribution < -0.4 is 10.6 Å². The van der Waals surface area contributed by atoms with Crippen LogP contribution in [0.2, 0.25) is 0 Å². The number of anilines is 1. The minimum atomic E-state index is -0.975. The average Bonchev–Trinajstić information content (AvgIpc) is 2.74. The Bertz CT molecular complexity index is 679. The van der Waals surface area contributed by atoms with Crippen molar-refractivity contribution in [3.8, 4) is 0 Å². The summed E-state index contributed by atoms with van der Waals surface area (Å²) in [6, 6.07) is 4.72. The first-order valence-electron chi connectivity index (χ1n) is 6.33. The van der Waals surface area contributed by atoms with Gasteiger partial charge in [-0.1, -0.05) is 11.3 Å². The zero-order valence-corrected chi connectivity index (χ0v) is 11.4. The first kappa shape index (κ1) is 12.9. The molecule has 1 aliphatic rings. The Balaban J connectivity index is 1.74. The monoisotopic (exact) mass is 291 g/mol. The lowest BCUT2D eigenvalue weighted by Crippen LogP contribution is -2.41. The lowest BCUT2D eigenvalue weighted by atomic mass is 9.93. The highest BCUT2D eigenvalue weighted by Gasteiger charge is 2.19. The maximum Gasteiger partial charge on any atom is 0.335 e. The van der Waals surface area contributed by atoms with Crippen LogP contribution in [0.15, 0.2) is 18.2 Å². The summed E-state index contributed by atoms with van der Waals surface area (Å²) in [5.41, 5.74) is 0.894. The van der Waals surface area contributed by atoms with Crippen LogP contribution in [0, 0.1) is 0 Å². The van der Waals surface area contributed by atoms with Crippen LogP contribution in [0.4, 0.5) is 9.93 Å². The zero-order chi connectivity index (χ0) is 14.1. The van der Waals surface area contributed by atoms with Crippen molar-refractivity contribution in [3.05, 3.63) is 23.8 Å². The Kier molecular flexibility index (Phi) is 3.27. The number of carbonyl (C=O) groups excluding carboxylic acids is 1. The van der Waals surface area contributed by atoms with Crippen LogP contribution in [0.1, 0.15) is 29.6 Å². The van der Waals surface area contributed by atoms with Gasteiger partial charge in [0.2, 0.25) is 0 Å². The molecule has 2 aromatic rings. The van der Waals surface area contributed by atoms with E-state index in [0.717, 1.165) is 24.0 Å². The molecule has 0 bridgehead atoms. The van der Waals surface area contributed by atoms with Crippen molar-refractivity contribution in [2.45, 2.75) is 25.3 Å². The molecule has 104 valence electrons. The Morgan fingerprint density at radius 2 is 2.15 bits per heavy atom. The molecule has 20 heavy (non-hydrogen) atoms. The summed E-state index contributed by atoms with van der Waals surface area (Å²) in [7, 11) is 0. The topological polar surface area (TPSA) is 91.3 Å². The van der Waals surface area contributed by atoms with Gasteiger partial charge in [0.05, 0.1) is 15.8 Å². The van der Waals surface area contributed by atoms with E-state index in [2.05, 4.69) is 15.6 Å². The lowest BCUT2D eigenvalue weighted by molar-refractivity contribution is 0.0697. The van der Waals surface area contributed by atoms with Crippen molar-refractivity contribution in [2.75, 3.05) is 5.32 Å². The van der Waals surface area contributed by atoms with E-state index in [-0.39, 0.29) is 17.6 Å². The first-order chi connectivity index (χ1) is 9.61. The lowest BCUT2D eigenvalue weighted by Gasteiger charge is -2.26. The maximum atomic E-state index is 11.7. The fraction of sp³-hybridized carbons (Fsp3) is 0.308. The fourth-order valence-electron chi connectivity index (χ4n) is 1.98. The normalized spacial score (nSPS) is 14.8. The standard InChI is InChI=1S/C13H13N3O3S/c17-11(18)7-4-5-9-10(6-7)20-13(15-9)16-12(19)14-8-2-1-3-8/h4-6,8H,1-3H2,(H,17,18)(H2,14,15,16,19). The number of rotatable bonds is 3. The van der Waals surface area contributed by atoms with Crippen molar-refractivity contribution >= 4 is 38.7 Å². The molecule has 0 unspecified atom stereocenters. The molecule has 0 radical (unpaired) electrons. The molecule has 0 saturated heterocycles. The van der Waals surface area contributed by atoms with Crippen LogP contribution in [0.25, 0.3) is 10.2 Å². The molecule has 3 N–H and O–H groups in total. The number of hydrogen-bond donors (Lipinski definition) is 3. The summed E-state index contributed by atoms with van der Waals surface area (Å²) in [5, 5.41) is 15.0. The number of carbonyl (C=O) groups is 2. The van der Waals surface area contributed by atoms with Crippen LogP contribution in [-0.4, -0.2) is 28.1 Å². The average molecular weight is 291 g/mol. The van der Waals surface area contributed by atoms with E-state index in [1.807, 2.05) is 0 Å². The van der Waals surface area contributed by atoms with Crippen molar-refractivity contribution in [2.24, 2.45) is 0 Å². The third-order valence-corrected chi connectivity index (χ3v) is 4.23. The molecule has 1 aromatic carbocycles. The second-order valence-electron chi connectivity index (χ2n) is 4.73. The highest BCUT2D eigenvalue weighted by molar-refractivity contribution is 7.22. The highest BCUT2D eigenvalue weighted by atomic mass is 32.1. The molecule has 7 heteroatoms. The van der Waals surface area contributed by atoms with Crippen LogP contribution in [0.5, 0.6) is 0 Å². The number of nitrogens with one attached hydrogen (secondary N) is 2. The number of carboxylic acid groups (broad SMARTS) is 1. The van der Waals surface area contributed by atoms with E-state index in [9.17, 15) is 9.59 Å². The third-order valence-electron chi connectivity index (χ3n) is 3.30. The number of aromatic nitrogens is 1. The number of benzene rings is 1. The van der Waals surface area contributed by atoms with Crippen LogP contribution in [0.3, 0.4) is 0 Å². The third kappa shape index (κ3) is 2.57. The quantitative estimate of drug-likeness (QED) is 0.810. The first-order valence-corrected chi connectivity index (χ1v) is 7.15. The predicted molar refractivity (Wildman–Crippen MR) is 76.4 cm³/mol. The molecule has 1 saturated carbocycles. The van der Waals surface area contributed by atoms with Gasteiger partial charge >= 0.3 is 12.0 Å². The number of hydrogen-bond acceptors (Lipinski definition) is 4. The summed E-state index contributed by atoms with van der Waals surface area (Å²) >= 11 is 1.26. The van der Waals surface area contributed by atoms with E-state index < -0.39 is 5.97 Å². The number of thiazole rings is 1. The minimum Gasteiger partial charge on any atom is -0.478 e. The molecule has 0 aliphatic heterocycles. The van der Waals surface area contributed by atoms with Gasteiger partial charge in [0.25, 0.3) is 0 Å². The number of aromatic carboxylic acids is 1. The Morgan fingerprint density at radius 3 is 2.80 bits per heavy atom. The number of fused-ring (bicyclic) bond motifs is 1. The van der Waals surface area contributed by atoms with E-state index in [0.29, 0.717) is 10.6 Å². The van der Waals surface area contributed by atoms with Gasteiger partial charge in [-0.25, -0.2) is 14.6 Å². The molecule has 0 spiro atoms. The molecule has 3 rings (SSSR count). The van der Waals surface area contributed by atoms with Crippen molar-refractivity contribution in [1.82, 2.24) is 10.3 Å². The summed E-state index contributed by atoms with van der Waals surface area (Å²) in [6.07, 6.45) is 3.20. The Morgan fingerprint density at radius 1 is 1.35 bits per heavy atom. The zero-order valence-electron chi connectivity index (χ0n) is 10.5. The SMILES string of the molecule is O=C(Nc1nc2ccc(C(=O)O)cc2s1)NC1CCC1. The molecular weight excluding hydrogens is 278 g/mol. The molecular formula is C13H13N3O3S. The van der Waals surface area contributed by atoms with E-state index in [1.165, 1.54) is 17.4 Å². The number of nitrogens with zero attached hydrogens (tertiary/aromatic N) is 1. The van der Waals surface area contributed by atoms with Gasteiger partial charge in [-0.05, 0) is 37.5 Å².